The van der Waals surface area contributed by atoms with Crippen molar-refractivity contribution in [3.05, 3.63) is 66.6 Å². The third-order valence-corrected chi connectivity index (χ3v) is 6.47. The molecule has 3 aromatic heterocycles. The Bertz CT molecular complexity index is 1610. The summed E-state index contributed by atoms with van der Waals surface area (Å²) < 4.78 is 19.0. The molecule has 0 bridgehead atoms. The maximum absolute atomic E-state index is 12.2. The highest BCUT2D eigenvalue weighted by Crippen LogP contribution is 2.38. The number of anilines is 4. The minimum Gasteiger partial charge on any atom is -0.494 e. The average Bonchev–Trinajstić information content (AvgIpc) is 3.61. The van der Waals surface area contributed by atoms with Gasteiger partial charge in [0.15, 0.2) is 11.3 Å². The largest absolute Gasteiger partial charge is 0.494 e. The number of aromatic nitrogens is 5. The van der Waals surface area contributed by atoms with E-state index in [4.69, 9.17) is 19.6 Å². The first kappa shape index (κ1) is 24.4. The molecule has 0 unspecified atom stereocenters. The Morgan fingerprint density at radius 2 is 1.92 bits per heavy atom. The van der Waals surface area contributed by atoms with Crippen molar-refractivity contribution in [1.82, 2.24) is 24.7 Å². The number of hydrogen-bond donors (Lipinski definition) is 3. The molecular weight excluding hydrogens is 500 g/mol. The zero-order chi connectivity index (χ0) is 26.8. The summed E-state index contributed by atoms with van der Waals surface area (Å²) in [5.74, 6) is 0.669. The molecule has 5 aromatic rings. The number of rotatable bonds is 8. The molecule has 0 spiro atoms. The van der Waals surface area contributed by atoms with Crippen LogP contribution in [0.4, 0.5) is 23.1 Å². The summed E-state index contributed by atoms with van der Waals surface area (Å²) in [5.41, 5.74) is 9.03. The lowest BCUT2D eigenvalue weighted by Gasteiger charge is -2.22. The number of ether oxygens (including phenoxy) is 2. The molecule has 4 N–H and O–H groups in total. The van der Waals surface area contributed by atoms with E-state index in [9.17, 15) is 4.79 Å². The van der Waals surface area contributed by atoms with Crippen molar-refractivity contribution in [2.75, 3.05) is 31.0 Å². The first-order chi connectivity index (χ1) is 19.1. The van der Waals surface area contributed by atoms with E-state index in [1.54, 1.807) is 19.4 Å². The second-order valence-electron chi connectivity index (χ2n) is 9.00. The lowest BCUT2D eigenvalue weighted by atomic mass is 10.1. The molecule has 12 heteroatoms. The number of oxazole rings is 1. The monoisotopic (exact) mass is 526 g/mol. The third-order valence-electron chi connectivity index (χ3n) is 6.47. The summed E-state index contributed by atoms with van der Waals surface area (Å²) in [6.45, 7) is 1.44. The van der Waals surface area contributed by atoms with E-state index < -0.39 is 5.91 Å². The van der Waals surface area contributed by atoms with Crippen molar-refractivity contribution >= 4 is 40.1 Å². The molecule has 2 aromatic carbocycles. The molecule has 0 atom stereocenters. The number of amides is 1. The van der Waals surface area contributed by atoms with Crippen molar-refractivity contribution in [2.45, 2.75) is 18.9 Å². The fourth-order valence-corrected chi connectivity index (χ4v) is 4.54. The Hall–Kier alpha value is -4.97. The SMILES string of the molecule is COc1c(Nc2nc(Nc3cnn(C4CCOCC4)c3)ncc2C(N)=O)cccc1-c1nc2ccccc2o1. The van der Waals surface area contributed by atoms with Gasteiger partial charge in [-0.25, -0.2) is 9.97 Å². The van der Waals surface area contributed by atoms with Crippen LogP contribution in [0.3, 0.4) is 0 Å². The van der Waals surface area contributed by atoms with Gasteiger partial charge in [-0.15, -0.1) is 0 Å². The zero-order valence-electron chi connectivity index (χ0n) is 21.1. The van der Waals surface area contributed by atoms with Gasteiger partial charge < -0.3 is 30.3 Å². The van der Waals surface area contributed by atoms with Crippen LogP contribution in [0, 0.1) is 0 Å². The number of para-hydroxylation sites is 3. The quantitative estimate of drug-likeness (QED) is 0.264. The van der Waals surface area contributed by atoms with Crippen LogP contribution in [-0.4, -0.2) is 51.0 Å². The van der Waals surface area contributed by atoms with Gasteiger partial charge in [-0.05, 0) is 37.1 Å². The standard InChI is InChI=1S/C27H26N8O4/c1-37-23-18(26-33-20-6-2-3-8-22(20)39-26)5-4-7-21(23)32-25-19(24(28)36)14-29-27(34-25)31-16-13-30-35(15-16)17-9-11-38-12-10-17/h2-8,13-15,17H,9-12H2,1H3,(H2,28,36)(H2,29,31,32,34). The molecule has 1 amide bonds. The fourth-order valence-electron chi connectivity index (χ4n) is 4.54. The Morgan fingerprint density at radius 1 is 1.08 bits per heavy atom. The summed E-state index contributed by atoms with van der Waals surface area (Å²) in [6.07, 6.45) is 6.80. The normalized spacial score (nSPS) is 13.9. The highest BCUT2D eigenvalue weighted by molar-refractivity contribution is 5.98. The van der Waals surface area contributed by atoms with Gasteiger partial charge in [-0.3, -0.25) is 9.48 Å². The van der Waals surface area contributed by atoms with E-state index in [-0.39, 0.29) is 23.4 Å². The average molecular weight is 527 g/mol. The number of carbonyl (C=O) groups is 1. The molecule has 1 saturated heterocycles. The number of carbonyl (C=O) groups excluding carboxylic acids is 1. The van der Waals surface area contributed by atoms with Gasteiger partial charge in [0.25, 0.3) is 5.91 Å². The van der Waals surface area contributed by atoms with Crippen LogP contribution in [0.25, 0.3) is 22.6 Å². The lowest BCUT2D eigenvalue weighted by molar-refractivity contribution is 0.0662. The molecule has 1 aliphatic rings. The molecule has 1 aliphatic heterocycles. The van der Waals surface area contributed by atoms with E-state index in [2.05, 4.69) is 30.7 Å². The van der Waals surface area contributed by atoms with Crippen molar-refractivity contribution in [3.63, 3.8) is 0 Å². The van der Waals surface area contributed by atoms with E-state index in [0.717, 1.165) is 37.3 Å². The number of hydrogen-bond acceptors (Lipinski definition) is 10. The third kappa shape index (κ3) is 4.97. The Kier molecular flexibility index (Phi) is 6.51. The lowest BCUT2D eigenvalue weighted by Crippen LogP contribution is -2.19. The summed E-state index contributed by atoms with van der Waals surface area (Å²) >= 11 is 0. The maximum atomic E-state index is 12.2. The summed E-state index contributed by atoms with van der Waals surface area (Å²) in [7, 11) is 1.55. The van der Waals surface area contributed by atoms with Crippen LogP contribution in [0.2, 0.25) is 0 Å². The van der Waals surface area contributed by atoms with E-state index in [1.165, 1.54) is 6.20 Å². The molecule has 39 heavy (non-hydrogen) atoms. The Morgan fingerprint density at radius 3 is 2.72 bits per heavy atom. The number of nitrogens with one attached hydrogen (secondary N) is 2. The maximum Gasteiger partial charge on any atom is 0.254 e. The molecule has 4 heterocycles. The van der Waals surface area contributed by atoms with Gasteiger partial charge in [-0.2, -0.15) is 10.1 Å². The van der Waals surface area contributed by atoms with Crippen molar-refractivity contribution in [3.8, 4) is 17.2 Å². The second kappa shape index (κ2) is 10.4. The molecule has 0 radical (unpaired) electrons. The Balaban J connectivity index is 1.30. The Labute approximate surface area is 223 Å². The van der Waals surface area contributed by atoms with Crippen LogP contribution in [0.1, 0.15) is 29.2 Å². The van der Waals surface area contributed by atoms with E-state index >= 15 is 0 Å². The smallest absolute Gasteiger partial charge is 0.254 e. The first-order valence-corrected chi connectivity index (χ1v) is 12.4. The molecule has 198 valence electrons. The van der Waals surface area contributed by atoms with Crippen molar-refractivity contribution < 1.29 is 18.7 Å². The highest BCUT2D eigenvalue weighted by atomic mass is 16.5. The van der Waals surface area contributed by atoms with E-state index in [0.29, 0.717) is 28.5 Å². The number of benzene rings is 2. The fraction of sp³-hybridized carbons (Fsp3) is 0.222. The summed E-state index contributed by atoms with van der Waals surface area (Å²) in [5, 5.41) is 10.8. The van der Waals surface area contributed by atoms with Gasteiger partial charge in [0.2, 0.25) is 11.8 Å². The number of fused-ring (bicyclic) bond motifs is 1. The number of nitrogens with two attached hydrogens (primary N) is 1. The van der Waals surface area contributed by atoms with Crippen LogP contribution in [0.5, 0.6) is 5.75 Å². The molecule has 0 saturated carbocycles. The predicted octanol–water partition coefficient (Wildman–Crippen LogP) is 4.43. The van der Waals surface area contributed by atoms with Crippen LogP contribution < -0.4 is 21.1 Å². The van der Waals surface area contributed by atoms with E-state index in [1.807, 2.05) is 47.3 Å². The minimum absolute atomic E-state index is 0.118. The van der Waals surface area contributed by atoms with Crippen LogP contribution >= 0.6 is 0 Å². The molecular formula is C27H26N8O4. The van der Waals surface area contributed by atoms with Crippen molar-refractivity contribution in [1.29, 1.82) is 0 Å². The summed E-state index contributed by atoms with van der Waals surface area (Å²) in [4.78, 5) is 25.6. The van der Waals surface area contributed by atoms with Gasteiger partial charge >= 0.3 is 0 Å². The van der Waals surface area contributed by atoms with Crippen LogP contribution in [0.15, 0.2) is 65.5 Å². The molecule has 1 fully saturated rings. The number of methoxy groups -OCH3 is 1. The zero-order valence-corrected chi connectivity index (χ0v) is 21.1. The predicted molar refractivity (Wildman–Crippen MR) is 144 cm³/mol. The van der Waals surface area contributed by atoms with Crippen molar-refractivity contribution in [2.24, 2.45) is 5.73 Å². The van der Waals surface area contributed by atoms with Gasteiger partial charge in [-0.1, -0.05) is 18.2 Å². The number of nitrogens with zero attached hydrogens (tertiary/aromatic N) is 5. The summed E-state index contributed by atoms with van der Waals surface area (Å²) in [6, 6.07) is 13.2. The first-order valence-electron chi connectivity index (χ1n) is 12.4. The van der Waals surface area contributed by atoms with Gasteiger partial charge in [0, 0.05) is 25.6 Å². The topological polar surface area (TPSA) is 155 Å². The molecule has 0 aliphatic carbocycles. The van der Waals surface area contributed by atoms with Gasteiger partial charge in [0.1, 0.15) is 16.9 Å². The minimum atomic E-state index is -0.676. The molecule has 6 rings (SSSR count). The van der Waals surface area contributed by atoms with Gasteiger partial charge in [0.05, 0.1) is 36.3 Å². The highest BCUT2D eigenvalue weighted by Gasteiger charge is 2.20. The second-order valence-corrected chi connectivity index (χ2v) is 9.00. The van der Waals surface area contributed by atoms with Crippen LogP contribution in [-0.2, 0) is 4.74 Å². The number of primary amides is 1. The molecule has 12 nitrogen and oxygen atoms in total.